The summed E-state index contributed by atoms with van der Waals surface area (Å²) in [6.45, 7) is 3.95. The van der Waals surface area contributed by atoms with Crippen molar-refractivity contribution >= 4 is 31.9 Å². The molecule has 1 rings (SSSR count). The summed E-state index contributed by atoms with van der Waals surface area (Å²) in [6.07, 6.45) is 0.961. The maximum Gasteiger partial charge on any atom is 0.241 e. The van der Waals surface area contributed by atoms with Crippen LogP contribution in [-0.4, -0.2) is 26.9 Å². The van der Waals surface area contributed by atoms with E-state index < -0.39 is 10.0 Å². The molecule has 1 atom stereocenters. The van der Waals surface area contributed by atoms with Crippen molar-refractivity contribution in [1.82, 2.24) is 10.0 Å². The number of nitrogens with one attached hydrogen (secondary N) is 2. The van der Waals surface area contributed by atoms with Gasteiger partial charge in [0.2, 0.25) is 15.9 Å². The summed E-state index contributed by atoms with van der Waals surface area (Å²) in [4.78, 5) is 11.7. The van der Waals surface area contributed by atoms with Crippen LogP contribution >= 0.6 is 15.9 Å². The SMILES string of the molecule is CCC(C)NC(=O)CCNS(=O)(=O)c1ccccc1Br. The topological polar surface area (TPSA) is 75.3 Å². The van der Waals surface area contributed by atoms with Gasteiger partial charge in [-0.25, -0.2) is 13.1 Å². The van der Waals surface area contributed by atoms with Crippen LogP contribution in [0.5, 0.6) is 0 Å². The Morgan fingerprint density at radius 2 is 2.00 bits per heavy atom. The zero-order valence-corrected chi connectivity index (χ0v) is 13.9. The molecule has 1 amide bonds. The number of carbonyl (C=O) groups excluding carboxylic acids is 1. The second-order valence-corrected chi connectivity index (χ2v) is 7.04. The molecule has 0 saturated carbocycles. The first-order chi connectivity index (χ1) is 9.36. The fraction of sp³-hybridized carbons (Fsp3) is 0.462. The van der Waals surface area contributed by atoms with Crippen molar-refractivity contribution in [2.75, 3.05) is 6.54 Å². The van der Waals surface area contributed by atoms with Crippen molar-refractivity contribution in [3.8, 4) is 0 Å². The van der Waals surface area contributed by atoms with E-state index >= 15 is 0 Å². The monoisotopic (exact) mass is 362 g/mol. The highest BCUT2D eigenvalue weighted by atomic mass is 79.9. The molecule has 0 bridgehead atoms. The first-order valence-electron chi connectivity index (χ1n) is 6.40. The van der Waals surface area contributed by atoms with E-state index in [4.69, 9.17) is 0 Å². The Balaban J connectivity index is 2.53. The molecule has 0 aliphatic heterocycles. The Morgan fingerprint density at radius 3 is 2.60 bits per heavy atom. The average molecular weight is 363 g/mol. The van der Waals surface area contributed by atoms with Gasteiger partial charge in [0.25, 0.3) is 0 Å². The molecule has 0 aliphatic carbocycles. The standard InChI is InChI=1S/C13H19BrN2O3S/c1-3-10(2)16-13(17)8-9-15-20(18,19)12-7-5-4-6-11(12)14/h4-7,10,15H,3,8-9H2,1-2H3,(H,16,17). The lowest BCUT2D eigenvalue weighted by Crippen LogP contribution is -2.35. The lowest BCUT2D eigenvalue weighted by Gasteiger charge is -2.12. The third-order valence-electron chi connectivity index (χ3n) is 2.79. The van der Waals surface area contributed by atoms with E-state index in [2.05, 4.69) is 26.0 Å². The number of halogens is 1. The van der Waals surface area contributed by atoms with E-state index in [1.807, 2.05) is 13.8 Å². The average Bonchev–Trinajstić information content (AvgIpc) is 2.38. The minimum absolute atomic E-state index is 0.0753. The van der Waals surface area contributed by atoms with Gasteiger partial charge in [-0.2, -0.15) is 0 Å². The van der Waals surface area contributed by atoms with Gasteiger partial charge in [-0.3, -0.25) is 4.79 Å². The largest absolute Gasteiger partial charge is 0.354 e. The summed E-state index contributed by atoms with van der Waals surface area (Å²) in [5, 5.41) is 2.78. The maximum atomic E-state index is 12.0. The van der Waals surface area contributed by atoms with E-state index in [9.17, 15) is 13.2 Å². The molecule has 0 aliphatic rings. The highest BCUT2D eigenvalue weighted by molar-refractivity contribution is 9.10. The Bertz CT molecular complexity index is 560. The van der Waals surface area contributed by atoms with Crippen molar-refractivity contribution in [2.45, 2.75) is 37.6 Å². The molecule has 2 N–H and O–H groups in total. The van der Waals surface area contributed by atoms with E-state index in [1.165, 1.54) is 6.07 Å². The molecule has 1 unspecified atom stereocenters. The number of sulfonamides is 1. The van der Waals surface area contributed by atoms with Gasteiger partial charge in [-0.1, -0.05) is 19.1 Å². The summed E-state index contributed by atoms with van der Waals surface area (Å²) in [5.74, 6) is -0.158. The first kappa shape index (κ1) is 17.1. The summed E-state index contributed by atoms with van der Waals surface area (Å²) < 4.78 is 27.0. The molecule has 7 heteroatoms. The molecule has 1 aromatic carbocycles. The quantitative estimate of drug-likeness (QED) is 0.779. The fourth-order valence-electron chi connectivity index (χ4n) is 1.49. The fourth-order valence-corrected chi connectivity index (χ4v) is 3.52. The summed E-state index contributed by atoms with van der Waals surface area (Å²) in [5.41, 5.74) is 0. The van der Waals surface area contributed by atoms with Crippen molar-refractivity contribution in [3.63, 3.8) is 0 Å². The molecule has 0 heterocycles. The smallest absolute Gasteiger partial charge is 0.241 e. The molecule has 5 nitrogen and oxygen atoms in total. The van der Waals surface area contributed by atoms with Gasteiger partial charge in [-0.05, 0) is 41.4 Å². The summed E-state index contributed by atoms with van der Waals surface area (Å²) in [6, 6.07) is 6.65. The van der Waals surface area contributed by atoms with Crippen LogP contribution in [0.15, 0.2) is 33.6 Å². The molecule has 0 spiro atoms. The highest BCUT2D eigenvalue weighted by Crippen LogP contribution is 2.20. The van der Waals surface area contributed by atoms with Crippen LogP contribution in [0.4, 0.5) is 0 Å². The van der Waals surface area contributed by atoms with Crippen molar-refractivity contribution in [1.29, 1.82) is 0 Å². The molecule has 1 aromatic rings. The molecule has 112 valence electrons. The van der Waals surface area contributed by atoms with E-state index in [0.29, 0.717) is 4.47 Å². The van der Waals surface area contributed by atoms with Crippen LogP contribution in [0.1, 0.15) is 26.7 Å². The number of hydrogen-bond acceptors (Lipinski definition) is 3. The van der Waals surface area contributed by atoms with Crippen LogP contribution in [0, 0.1) is 0 Å². The lowest BCUT2D eigenvalue weighted by molar-refractivity contribution is -0.121. The van der Waals surface area contributed by atoms with Crippen LogP contribution in [0.3, 0.4) is 0 Å². The van der Waals surface area contributed by atoms with Crippen LogP contribution in [-0.2, 0) is 14.8 Å². The zero-order valence-electron chi connectivity index (χ0n) is 11.5. The Kier molecular flexibility index (Phi) is 6.64. The Hall–Kier alpha value is -0.920. The van der Waals surface area contributed by atoms with E-state index in [0.717, 1.165) is 6.42 Å². The van der Waals surface area contributed by atoms with Crippen molar-refractivity contribution in [3.05, 3.63) is 28.7 Å². The normalized spacial score (nSPS) is 12.9. The van der Waals surface area contributed by atoms with Gasteiger partial charge >= 0.3 is 0 Å². The molecular formula is C13H19BrN2O3S. The van der Waals surface area contributed by atoms with Crippen LogP contribution in [0.25, 0.3) is 0 Å². The van der Waals surface area contributed by atoms with Gasteiger partial charge in [0, 0.05) is 23.5 Å². The minimum Gasteiger partial charge on any atom is -0.354 e. The molecular weight excluding hydrogens is 344 g/mol. The molecule has 0 radical (unpaired) electrons. The van der Waals surface area contributed by atoms with E-state index in [-0.39, 0.29) is 29.8 Å². The van der Waals surface area contributed by atoms with Gasteiger partial charge in [0.1, 0.15) is 0 Å². The molecule has 0 aromatic heterocycles. The van der Waals surface area contributed by atoms with Crippen LogP contribution in [0.2, 0.25) is 0 Å². The second-order valence-electron chi connectivity index (χ2n) is 4.46. The van der Waals surface area contributed by atoms with Gasteiger partial charge in [0.15, 0.2) is 0 Å². The zero-order chi connectivity index (χ0) is 15.2. The first-order valence-corrected chi connectivity index (χ1v) is 8.68. The molecule has 0 saturated heterocycles. The number of amides is 1. The number of benzene rings is 1. The van der Waals surface area contributed by atoms with Gasteiger partial charge < -0.3 is 5.32 Å². The Labute approximate surface area is 128 Å². The van der Waals surface area contributed by atoms with E-state index in [1.54, 1.807) is 18.2 Å². The van der Waals surface area contributed by atoms with Crippen LogP contribution < -0.4 is 10.0 Å². The van der Waals surface area contributed by atoms with Gasteiger partial charge in [-0.15, -0.1) is 0 Å². The van der Waals surface area contributed by atoms with Crippen molar-refractivity contribution in [2.24, 2.45) is 0 Å². The summed E-state index contributed by atoms with van der Waals surface area (Å²) in [7, 11) is -3.60. The number of rotatable bonds is 7. The maximum absolute atomic E-state index is 12.0. The predicted molar refractivity (Wildman–Crippen MR) is 81.8 cm³/mol. The second kappa shape index (κ2) is 7.75. The number of carbonyl (C=O) groups is 1. The predicted octanol–water partition coefficient (Wildman–Crippen LogP) is 2.03. The highest BCUT2D eigenvalue weighted by Gasteiger charge is 2.17. The van der Waals surface area contributed by atoms with Crippen molar-refractivity contribution < 1.29 is 13.2 Å². The third-order valence-corrected chi connectivity index (χ3v) is 5.26. The lowest BCUT2D eigenvalue weighted by atomic mass is 10.2. The molecule has 20 heavy (non-hydrogen) atoms. The third kappa shape index (κ3) is 5.22. The summed E-state index contributed by atoms with van der Waals surface area (Å²) >= 11 is 3.20. The number of hydrogen-bond donors (Lipinski definition) is 2. The van der Waals surface area contributed by atoms with Gasteiger partial charge in [0.05, 0.1) is 4.90 Å². The minimum atomic E-state index is -3.60. The molecule has 0 fully saturated rings. The Morgan fingerprint density at radius 1 is 1.35 bits per heavy atom.